The Morgan fingerprint density at radius 3 is 2.62 bits per heavy atom. The number of nitrogens with two attached hydrogens (primary N) is 1. The molecule has 106 valence electrons. The number of hydrogen-bond acceptors (Lipinski definition) is 2. The fourth-order valence-corrected chi connectivity index (χ4v) is 2.44. The first kappa shape index (κ1) is 13.8. The van der Waals surface area contributed by atoms with Crippen LogP contribution in [0.5, 0.6) is 0 Å². The predicted octanol–water partition coefficient (Wildman–Crippen LogP) is 4.16. The summed E-state index contributed by atoms with van der Waals surface area (Å²) in [6.07, 6.45) is 1.51. The second-order valence-electron chi connectivity index (χ2n) is 4.48. The summed E-state index contributed by atoms with van der Waals surface area (Å²) in [5.74, 6) is -1.33. The van der Waals surface area contributed by atoms with Gasteiger partial charge >= 0.3 is 0 Å². The van der Waals surface area contributed by atoms with Gasteiger partial charge in [-0.3, -0.25) is 0 Å². The minimum absolute atomic E-state index is 0.143. The average Bonchev–Trinajstić information content (AvgIpc) is 2.80. The molecule has 0 fully saturated rings. The van der Waals surface area contributed by atoms with E-state index >= 15 is 0 Å². The van der Waals surface area contributed by atoms with E-state index in [0.717, 1.165) is 16.1 Å². The van der Waals surface area contributed by atoms with Gasteiger partial charge in [0.05, 0.1) is 11.9 Å². The lowest BCUT2D eigenvalue weighted by Crippen LogP contribution is -1.99. The second-order valence-corrected chi connectivity index (χ2v) is 5.40. The number of rotatable bonds is 2. The molecule has 0 radical (unpaired) electrons. The van der Waals surface area contributed by atoms with Gasteiger partial charge in [-0.1, -0.05) is 28.1 Å². The van der Waals surface area contributed by atoms with Crippen molar-refractivity contribution in [2.24, 2.45) is 0 Å². The lowest BCUT2D eigenvalue weighted by Gasteiger charge is -2.03. The maximum atomic E-state index is 13.8. The molecule has 6 heteroatoms. The molecule has 21 heavy (non-hydrogen) atoms. The quantitative estimate of drug-likeness (QED) is 0.754. The largest absolute Gasteiger partial charge is 0.396 e. The monoisotopic (exact) mass is 349 g/mol. The highest BCUT2D eigenvalue weighted by atomic mass is 79.9. The molecular weight excluding hydrogens is 340 g/mol. The van der Waals surface area contributed by atoms with Crippen LogP contribution in [0.3, 0.4) is 0 Å². The molecule has 0 amide bonds. The Hall–Kier alpha value is -2.21. The Balaban J connectivity index is 2.09. The lowest BCUT2D eigenvalue weighted by molar-refractivity contribution is 0.574. The van der Waals surface area contributed by atoms with Gasteiger partial charge in [0.25, 0.3) is 0 Å². The first-order chi connectivity index (χ1) is 10.0. The molecule has 2 aromatic carbocycles. The van der Waals surface area contributed by atoms with Crippen molar-refractivity contribution in [1.82, 2.24) is 9.78 Å². The Bertz CT molecular complexity index is 814. The minimum Gasteiger partial charge on any atom is -0.396 e. The summed E-state index contributed by atoms with van der Waals surface area (Å²) in [5, 5.41) is 4.29. The molecule has 3 aromatic rings. The van der Waals surface area contributed by atoms with Crippen LogP contribution in [0, 0.1) is 11.6 Å². The van der Waals surface area contributed by atoms with Crippen LogP contribution in [0.15, 0.2) is 53.1 Å². The van der Waals surface area contributed by atoms with E-state index in [1.165, 1.54) is 23.0 Å². The number of aromatic nitrogens is 2. The summed E-state index contributed by atoms with van der Waals surface area (Å²) < 4.78 is 28.9. The van der Waals surface area contributed by atoms with Crippen molar-refractivity contribution in [3.63, 3.8) is 0 Å². The lowest BCUT2D eigenvalue weighted by atomic mass is 10.1. The number of nitrogens with zero attached hydrogens (tertiary/aromatic N) is 2. The molecule has 0 unspecified atom stereocenters. The van der Waals surface area contributed by atoms with Gasteiger partial charge in [0.1, 0.15) is 17.2 Å². The summed E-state index contributed by atoms with van der Waals surface area (Å²) in [7, 11) is 0. The predicted molar refractivity (Wildman–Crippen MR) is 81.0 cm³/mol. The van der Waals surface area contributed by atoms with Crippen LogP contribution in [0.4, 0.5) is 14.5 Å². The Kier molecular flexibility index (Phi) is 3.47. The highest BCUT2D eigenvalue weighted by Gasteiger charge is 2.13. The summed E-state index contributed by atoms with van der Waals surface area (Å²) in [6, 6.07) is 10.8. The fraction of sp³-hybridized carbons (Fsp3) is 0. The van der Waals surface area contributed by atoms with Crippen LogP contribution in [-0.2, 0) is 0 Å². The molecule has 3 nitrogen and oxygen atoms in total. The fourth-order valence-electron chi connectivity index (χ4n) is 2.04. The zero-order valence-corrected chi connectivity index (χ0v) is 12.3. The highest BCUT2D eigenvalue weighted by molar-refractivity contribution is 9.10. The third-order valence-corrected chi connectivity index (χ3v) is 3.49. The van der Waals surface area contributed by atoms with Crippen LogP contribution < -0.4 is 5.73 Å². The summed E-state index contributed by atoms with van der Waals surface area (Å²) in [4.78, 5) is 0. The normalized spacial score (nSPS) is 10.8. The zero-order valence-electron chi connectivity index (χ0n) is 10.7. The van der Waals surface area contributed by atoms with Crippen molar-refractivity contribution in [3.05, 3.63) is 64.8 Å². The van der Waals surface area contributed by atoms with Gasteiger partial charge < -0.3 is 5.73 Å². The van der Waals surface area contributed by atoms with Gasteiger partial charge in [-0.05, 0) is 24.3 Å². The van der Waals surface area contributed by atoms with Crippen LogP contribution in [0.25, 0.3) is 16.9 Å². The van der Waals surface area contributed by atoms with Crippen LogP contribution in [0.1, 0.15) is 0 Å². The van der Waals surface area contributed by atoms with Crippen molar-refractivity contribution in [2.45, 2.75) is 0 Å². The standard InChI is InChI=1S/C15H10BrF2N3/c16-10-3-1-2-9(6-10)15-13(19)8-21(20-15)14-5-4-11(17)7-12(14)18/h1-8H,19H2. The van der Waals surface area contributed by atoms with Crippen LogP contribution in [0.2, 0.25) is 0 Å². The zero-order chi connectivity index (χ0) is 15.0. The van der Waals surface area contributed by atoms with E-state index in [-0.39, 0.29) is 5.69 Å². The van der Waals surface area contributed by atoms with Crippen LogP contribution in [-0.4, -0.2) is 9.78 Å². The average molecular weight is 350 g/mol. The molecule has 0 aliphatic carbocycles. The molecule has 2 N–H and O–H groups in total. The summed E-state index contributed by atoms with van der Waals surface area (Å²) >= 11 is 3.38. The summed E-state index contributed by atoms with van der Waals surface area (Å²) in [6.45, 7) is 0. The molecule has 0 atom stereocenters. The van der Waals surface area contributed by atoms with Gasteiger partial charge in [-0.25, -0.2) is 13.5 Å². The van der Waals surface area contributed by atoms with E-state index in [4.69, 9.17) is 5.73 Å². The molecule has 3 rings (SSSR count). The molecule has 0 aliphatic rings. The van der Waals surface area contributed by atoms with Crippen molar-refractivity contribution in [2.75, 3.05) is 5.73 Å². The summed E-state index contributed by atoms with van der Waals surface area (Å²) in [5.41, 5.74) is 7.85. The molecule has 0 aliphatic heterocycles. The second kappa shape index (κ2) is 5.29. The third-order valence-electron chi connectivity index (χ3n) is 3.00. The first-order valence-corrected chi connectivity index (χ1v) is 6.90. The Morgan fingerprint density at radius 2 is 1.90 bits per heavy atom. The van der Waals surface area contributed by atoms with E-state index in [9.17, 15) is 8.78 Å². The number of benzene rings is 2. The molecule has 0 bridgehead atoms. The Labute approximate surface area is 128 Å². The van der Waals surface area contributed by atoms with Gasteiger partial charge in [-0.2, -0.15) is 5.10 Å². The van der Waals surface area contributed by atoms with Crippen molar-refractivity contribution < 1.29 is 8.78 Å². The molecule has 0 saturated carbocycles. The number of halogens is 3. The molecule has 0 saturated heterocycles. The van der Waals surface area contributed by atoms with E-state index in [2.05, 4.69) is 21.0 Å². The van der Waals surface area contributed by atoms with Crippen molar-refractivity contribution in [3.8, 4) is 16.9 Å². The molecular formula is C15H10BrF2N3. The maximum absolute atomic E-state index is 13.8. The van der Waals surface area contributed by atoms with Crippen molar-refractivity contribution in [1.29, 1.82) is 0 Å². The molecule has 0 spiro atoms. The highest BCUT2D eigenvalue weighted by Crippen LogP contribution is 2.28. The van der Waals surface area contributed by atoms with Gasteiger partial charge in [0.15, 0.2) is 5.82 Å². The van der Waals surface area contributed by atoms with Gasteiger partial charge in [0, 0.05) is 16.1 Å². The van der Waals surface area contributed by atoms with Gasteiger partial charge in [0.2, 0.25) is 0 Å². The van der Waals surface area contributed by atoms with E-state index < -0.39 is 11.6 Å². The topological polar surface area (TPSA) is 43.8 Å². The van der Waals surface area contributed by atoms with E-state index in [1.54, 1.807) is 0 Å². The first-order valence-electron chi connectivity index (χ1n) is 6.11. The van der Waals surface area contributed by atoms with E-state index in [0.29, 0.717) is 11.4 Å². The smallest absolute Gasteiger partial charge is 0.151 e. The third kappa shape index (κ3) is 2.67. The number of hydrogen-bond donors (Lipinski definition) is 1. The number of nitrogen functional groups attached to an aromatic ring is 1. The number of anilines is 1. The van der Waals surface area contributed by atoms with Gasteiger partial charge in [-0.15, -0.1) is 0 Å². The molecule has 1 heterocycles. The SMILES string of the molecule is Nc1cn(-c2ccc(F)cc2F)nc1-c1cccc(Br)c1. The van der Waals surface area contributed by atoms with Crippen LogP contribution >= 0.6 is 15.9 Å². The Morgan fingerprint density at radius 1 is 1.10 bits per heavy atom. The molecule has 1 aromatic heterocycles. The minimum atomic E-state index is -0.696. The van der Waals surface area contributed by atoms with Crippen molar-refractivity contribution >= 4 is 21.6 Å². The maximum Gasteiger partial charge on any atom is 0.151 e. The van der Waals surface area contributed by atoms with E-state index in [1.807, 2.05) is 24.3 Å².